The number of esters is 3. The van der Waals surface area contributed by atoms with Crippen LogP contribution >= 0.6 is 34.8 Å². The molecule has 1 aliphatic heterocycles. The first-order valence-corrected chi connectivity index (χ1v) is 10.7. The van der Waals surface area contributed by atoms with E-state index in [1.54, 1.807) is 30.3 Å². The Kier molecular flexibility index (Phi) is 9.59. The molecule has 1 fully saturated rings. The maximum Gasteiger partial charge on any atom is 0.303 e. The Labute approximate surface area is 204 Å². The molecular weight excluding hydrogens is 505 g/mol. The summed E-state index contributed by atoms with van der Waals surface area (Å²) in [4.78, 5) is 35.1. The van der Waals surface area contributed by atoms with Crippen LogP contribution in [0.5, 0.6) is 5.75 Å². The molecule has 1 N–H and O–H groups in total. The van der Waals surface area contributed by atoms with E-state index in [1.165, 1.54) is 6.92 Å². The van der Waals surface area contributed by atoms with Gasteiger partial charge in [-0.15, -0.1) is 0 Å². The number of ether oxygens (including phenoxy) is 6. The summed E-state index contributed by atoms with van der Waals surface area (Å²) in [6.07, 6.45) is -6.53. The fraction of sp³-hybridized carbons (Fsp3) is 0.500. The molecule has 1 heterocycles. The lowest BCUT2D eigenvalue weighted by Gasteiger charge is -2.44. The zero-order valence-corrected chi connectivity index (χ0v) is 20.1. The van der Waals surface area contributed by atoms with Crippen molar-refractivity contribution < 1.29 is 42.8 Å². The van der Waals surface area contributed by atoms with E-state index in [2.05, 4.69) is 0 Å². The number of carbonyl (C=O) groups excluding carboxylic acids is 3. The van der Waals surface area contributed by atoms with Gasteiger partial charge in [0.15, 0.2) is 12.2 Å². The van der Waals surface area contributed by atoms with Gasteiger partial charge in [0.05, 0.1) is 0 Å². The smallest absolute Gasteiger partial charge is 0.303 e. The molecule has 1 aliphatic rings. The van der Waals surface area contributed by atoms with Crippen LogP contribution in [-0.4, -0.2) is 64.9 Å². The van der Waals surface area contributed by atoms with Crippen molar-refractivity contribution in [3.8, 4) is 5.75 Å². The van der Waals surface area contributed by atoms with Crippen molar-refractivity contribution in [2.24, 2.45) is 0 Å². The Balaban J connectivity index is 2.49. The minimum atomic E-state index is -2.24. The van der Waals surface area contributed by atoms with Crippen molar-refractivity contribution in [2.45, 2.75) is 55.3 Å². The molecule has 1 aromatic carbocycles. The van der Waals surface area contributed by atoms with Gasteiger partial charge < -0.3 is 28.4 Å². The molecule has 182 valence electrons. The minimum Gasteiger partial charge on any atom is -0.480 e. The van der Waals surface area contributed by atoms with Crippen molar-refractivity contribution in [2.75, 3.05) is 6.61 Å². The lowest BCUT2D eigenvalue weighted by Crippen LogP contribution is -2.64. The van der Waals surface area contributed by atoms with E-state index in [1.807, 2.05) is 0 Å². The van der Waals surface area contributed by atoms with Crippen LogP contribution in [0.25, 0.3) is 0 Å². The third-order valence-electron chi connectivity index (χ3n) is 4.15. The topological polar surface area (TPSA) is 130 Å². The van der Waals surface area contributed by atoms with E-state index < -0.39 is 64.9 Å². The zero-order chi connectivity index (χ0) is 24.8. The fourth-order valence-electron chi connectivity index (χ4n) is 2.93. The fourth-order valence-corrected chi connectivity index (χ4v) is 3.06. The maximum absolute atomic E-state index is 11.9. The summed E-state index contributed by atoms with van der Waals surface area (Å²) in [5, 5.41) is 7.92. The molecule has 5 atom stereocenters. The van der Waals surface area contributed by atoms with Gasteiger partial charge in [0.1, 0.15) is 18.5 Å². The van der Waals surface area contributed by atoms with E-state index in [0.717, 1.165) is 13.8 Å². The predicted octanol–water partition coefficient (Wildman–Crippen LogP) is 2.95. The Morgan fingerprint density at radius 3 is 2.00 bits per heavy atom. The SMILES string of the molecule is CC(=O)OCC1O[C@@H](OC(=N)C(Cl)(Cl)Cl)C(Oc2ccccc2)[C@@H](OC(C)=O)[C@H]1OC(C)=O. The number of rotatable bonds is 7. The molecule has 13 heteroatoms. The van der Waals surface area contributed by atoms with Gasteiger partial charge in [-0.05, 0) is 12.1 Å². The van der Waals surface area contributed by atoms with Gasteiger partial charge in [-0.2, -0.15) is 0 Å². The predicted molar refractivity (Wildman–Crippen MR) is 116 cm³/mol. The highest BCUT2D eigenvalue weighted by Crippen LogP contribution is 2.34. The summed E-state index contributed by atoms with van der Waals surface area (Å²) in [7, 11) is 0. The highest BCUT2D eigenvalue weighted by molar-refractivity contribution is 6.76. The molecular formula is C20H22Cl3NO9. The average molecular weight is 527 g/mol. The number of para-hydroxylation sites is 1. The molecule has 2 rings (SSSR count). The van der Waals surface area contributed by atoms with E-state index in [0.29, 0.717) is 5.75 Å². The largest absolute Gasteiger partial charge is 0.480 e. The van der Waals surface area contributed by atoms with E-state index >= 15 is 0 Å². The minimum absolute atomic E-state index is 0.317. The van der Waals surface area contributed by atoms with Crippen molar-refractivity contribution in [1.29, 1.82) is 5.41 Å². The third-order valence-corrected chi connectivity index (χ3v) is 4.67. The van der Waals surface area contributed by atoms with Crippen LogP contribution in [0.3, 0.4) is 0 Å². The molecule has 0 aromatic heterocycles. The van der Waals surface area contributed by atoms with Gasteiger partial charge in [-0.3, -0.25) is 19.8 Å². The van der Waals surface area contributed by atoms with Gasteiger partial charge in [-0.1, -0.05) is 53.0 Å². The zero-order valence-electron chi connectivity index (χ0n) is 17.8. The Morgan fingerprint density at radius 2 is 1.48 bits per heavy atom. The highest BCUT2D eigenvalue weighted by atomic mass is 35.6. The van der Waals surface area contributed by atoms with Gasteiger partial charge in [0.25, 0.3) is 3.79 Å². The molecule has 0 aliphatic carbocycles. The molecule has 0 spiro atoms. The molecule has 33 heavy (non-hydrogen) atoms. The third kappa shape index (κ3) is 8.22. The first-order chi connectivity index (χ1) is 15.4. The Morgan fingerprint density at radius 1 is 0.909 bits per heavy atom. The van der Waals surface area contributed by atoms with Crippen molar-refractivity contribution in [1.82, 2.24) is 0 Å². The van der Waals surface area contributed by atoms with Crippen LogP contribution in [0, 0.1) is 5.41 Å². The Bertz CT molecular complexity index is 862. The number of benzene rings is 1. The van der Waals surface area contributed by atoms with E-state index in [9.17, 15) is 14.4 Å². The standard InChI is InChI=1S/C20H22Cl3NO9/c1-10(25)28-9-14-15(29-11(2)26)16(30-12(3)27)17(31-13-7-5-4-6-8-13)18(32-14)33-19(24)20(21,22)23/h4-8,14-18,24H,9H2,1-3H3/t14?,15-,16-,17?,18-/m0/s1. The molecule has 2 unspecified atom stereocenters. The van der Waals surface area contributed by atoms with E-state index in [4.69, 9.17) is 68.6 Å². The summed E-state index contributed by atoms with van der Waals surface area (Å²) >= 11 is 17.2. The molecule has 1 aromatic rings. The number of halogens is 3. The number of alkyl halides is 3. The number of carbonyl (C=O) groups is 3. The first kappa shape index (κ1) is 27.0. The second kappa shape index (κ2) is 11.7. The first-order valence-electron chi connectivity index (χ1n) is 9.56. The Hall–Kier alpha value is -2.27. The van der Waals surface area contributed by atoms with Crippen LogP contribution in [0.1, 0.15) is 20.8 Å². The van der Waals surface area contributed by atoms with Gasteiger partial charge in [-0.25, -0.2) is 0 Å². The van der Waals surface area contributed by atoms with Crippen molar-refractivity contribution >= 4 is 58.6 Å². The summed E-state index contributed by atoms with van der Waals surface area (Å²) in [6, 6.07) is 8.33. The molecule has 10 nitrogen and oxygen atoms in total. The van der Waals surface area contributed by atoms with Crippen LogP contribution < -0.4 is 4.74 Å². The monoisotopic (exact) mass is 525 g/mol. The van der Waals surface area contributed by atoms with Crippen LogP contribution in [0.4, 0.5) is 0 Å². The molecule has 0 bridgehead atoms. The second-order valence-electron chi connectivity index (χ2n) is 6.83. The second-order valence-corrected chi connectivity index (χ2v) is 9.12. The van der Waals surface area contributed by atoms with Crippen LogP contribution in [-0.2, 0) is 38.1 Å². The van der Waals surface area contributed by atoms with Gasteiger partial charge in [0.2, 0.25) is 18.3 Å². The summed E-state index contributed by atoms with van der Waals surface area (Å²) in [5.41, 5.74) is 0. The molecule has 0 radical (unpaired) electrons. The maximum atomic E-state index is 11.9. The lowest BCUT2D eigenvalue weighted by atomic mass is 9.98. The number of hydrogen-bond acceptors (Lipinski definition) is 10. The number of nitrogens with one attached hydrogen (secondary N) is 1. The quantitative estimate of drug-likeness (QED) is 0.187. The van der Waals surface area contributed by atoms with Crippen molar-refractivity contribution in [3.05, 3.63) is 30.3 Å². The van der Waals surface area contributed by atoms with Crippen molar-refractivity contribution in [3.63, 3.8) is 0 Å². The molecule has 1 saturated heterocycles. The average Bonchev–Trinajstić information content (AvgIpc) is 2.70. The molecule has 0 saturated carbocycles. The van der Waals surface area contributed by atoms with Gasteiger partial charge in [0, 0.05) is 20.8 Å². The van der Waals surface area contributed by atoms with Crippen LogP contribution in [0.2, 0.25) is 0 Å². The number of hydrogen-bond donors (Lipinski definition) is 1. The molecule has 0 amide bonds. The highest BCUT2D eigenvalue weighted by Gasteiger charge is 2.54. The summed E-state index contributed by atoms with van der Waals surface area (Å²) in [5.74, 6) is -2.59. The normalized spacial score (nSPS) is 24.8. The van der Waals surface area contributed by atoms with Gasteiger partial charge >= 0.3 is 17.9 Å². The lowest BCUT2D eigenvalue weighted by molar-refractivity contribution is -0.283. The summed E-state index contributed by atoms with van der Waals surface area (Å²) in [6.45, 7) is 3.05. The van der Waals surface area contributed by atoms with Crippen LogP contribution in [0.15, 0.2) is 30.3 Å². The van der Waals surface area contributed by atoms with E-state index in [-0.39, 0.29) is 0 Å². The summed E-state index contributed by atoms with van der Waals surface area (Å²) < 4.78 is 30.6.